The zero-order valence-electron chi connectivity index (χ0n) is 22.4. The predicted molar refractivity (Wildman–Crippen MR) is 141 cm³/mol. The average molecular weight is 511 g/mol. The van der Waals surface area contributed by atoms with Gasteiger partial charge >= 0.3 is 6.09 Å². The summed E-state index contributed by atoms with van der Waals surface area (Å²) in [5.41, 5.74) is -0.0692. The van der Waals surface area contributed by atoms with Crippen molar-refractivity contribution in [3.05, 3.63) is 48.0 Å². The Morgan fingerprint density at radius 1 is 1.08 bits per heavy atom. The molecule has 3 aliphatic heterocycles. The number of likely N-dealkylation sites (tertiary alicyclic amines) is 1. The van der Waals surface area contributed by atoms with Crippen LogP contribution in [0.5, 0.6) is 0 Å². The van der Waals surface area contributed by atoms with Gasteiger partial charge in [0.05, 0.1) is 26.4 Å². The molecule has 1 aromatic rings. The minimum Gasteiger partial charge on any atom is -0.453 e. The number of rotatable bonds is 5. The Kier molecular flexibility index (Phi) is 7.91. The second-order valence-electron chi connectivity index (χ2n) is 11.3. The van der Waals surface area contributed by atoms with Crippen LogP contribution in [-0.2, 0) is 25.6 Å². The lowest BCUT2D eigenvalue weighted by atomic mass is 9.56. The summed E-state index contributed by atoms with van der Waals surface area (Å²) in [7, 11) is 3.15. The molecule has 4 bridgehead atoms. The lowest BCUT2D eigenvalue weighted by Crippen LogP contribution is -2.75. The number of ether oxygens (including phenoxy) is 3. The van der Waals surface area contributed by atoms with E-state index in [4.69, 9.17) is 14.2 Å². The molecule has 0 spiro atoms. The molecule has 0 unspecified atom stereocenters. The van der Waals surface area contributed by atoms with E-state index < -0.39 is 5.72 Å². The Labute approximate surface area is 221 Å². The molecule has 3 fully saturated rings. The standard InChI is InChI=1S/C30H42N2O5/c1-35-28(34)32-20-24-19-29(22-37-21-23-13-9-8-10-14-23)17-12-7-5-3-4-6-11-15-26(33)31-18-16-25(24)30(32,36-2)27(29)31/h3,5,8-10,13-14,24-25,27H,4,6-7,11-12,15-22H2,1-2H3/t24-,25-,27+,29+,30+/m1/s1. The molecule has 3 heterocycles. The summed E-state index contributed by atoms with van der Waals surface area (Å²) < 4.78 is 18.2. The van der Waals surface area contributed by atoms with Crippen LogP contribution in [0.4, 0.5) is 4.79 Å². The van der Waals surface area contributed by atoms with Crippen molar-refractivity contribution < 1.29 is 23.8 Å². The molecule has 7 heteroatoms. The van der Waals surface area contributed by atoms with Crippen molar-refractivity contribution in [3.8, 4) is 0 Å². The molecule has 5 atom stereocenters. The Bertz CT molecular complexity index is 983. The van der Waals surface area contributed by atoms with E-state index in [9.17, 15) is 9.59 Å². The van der Waals surface area contributed by atoms with E-state index in [0.717, 1.165) is 56.9 Å². The van der Waals surface area contributed by atoms with Gasteiger partial charge in [-0.1, -0.05) is 42.5 Å². The van der Waals surface area contributed by atoms with Crippen molar-refractivity contribution in [2.75, 3.05) is 33.9 Å². The first-order chi connectivity index (χ1) is 18.1. The van der Waals surface area contributed by atoms with E-state index in [1.807, 2.05) is 23.1 Å². The van der Waals surface area contributed by atoms with Crippen molar-refractivity contribution in [2.45, 2.75) is 76.2 Å². The molecule has 1 aromatic carbocycles. The van der Waals surface area contributed by atoms with E-state index in [2.05, 4.69) is 29.2 Å². The predicted octanol–water partition coefficient (Wildman–Crippen LogP) is 5.15. The number of amides is 2. The third kappa shape index (κ3) is 4.69. The van der Waals surface area contributed by atoms with Crippen molar-refractivity contribution in [1.29, 1.82) is 0 Å². The SMILES string of the molecule is COC(=O)N1C[C@H]2C[C@]3(COCc4ccccc4)CCCC=CCCCCC(=O)N4CC[C@H]2[C@]1(OC)[C@@H]43. The number of allylic oxidation sites excluding steroid dienone is 2. The van der Waals surface area contributed by atoms with Crippen LogP contribution in [0.15, 0.2) is 42.5 Å². The number of hydrogen-bond donors (Lipinski definition) is 0. The van der Waals surface area contributed by atoms with Gasteiger partial charge in [0.2, 0.25) is 5.91 Å². The third-order valence-corrected chi connectivity index (χ3v) is 9.34. The summed E-state index contributed by atoms with van der Waals surface area (Å²) in [6.07, 6.45) is 12.3. The summed E-state index contributed by atoms with van der Waals surface area (Å²) in [5.74, 6) is 0.647. The molecule has 0 radical (unpaired) electrons. The monoisotopic (exact) mass is 510 g/mol. The number of carbonyl (C=O) groups excluding carboxylic acids is 2. The Morgan fingerprint density at radius 3 is 2.62 bits per heavy atom. The van der Waals surface area contributed by atoms with Gasteiger partial charge in [-0.25, -0.2) is 4.79 Å². The molecule has 2 saturated heterocycles. The van der Waals surface area contributed by atoms with Crippen molar-refractivity contribution in [3.63, 3.8) is 0 Å². The van der Waals surface area contributed by atoms with Gasteiger partial charge < -0.3 is 19.1 Å². The Morgan fingerprint density at radius 2 is 1.86 bits per heavy atom. The third-order valence-electron chi connectivity index (χ3n) is 9.34. The smallest absolute Gasteiger partial charge is 0.411 e. The normalized spacial score (nSPS) is 33.9. The van der Waals surface area contributed by atoms with E-state index in [-0.39, 0.29) is 29.4 Å². The molecule has 0 aromatic heterocycles. The summed E-state index contributed by atoms with van der Waals surface area (Å²) >= 11 is 0. The molecular formula is C30H42N2O5. The van der Waals surface area contributed by atoms with Crippen LogP contribution in [0.1, 0.15) is 63.4 Å². The number of methoxy groups -OCH3 is 2. The van der Waals surface area contributed by atoms with Crippen LogP contribution in [0, 0.1) is 17.3 Å². The molecule has 1 aliphatic carbocycles. The molecule has 2 amide bonds. The number of benzene rings is 1. The van der Waals surface area contributed by atoms with Crippen LogP contribution < -0.4 is 0 Å². The van der Waals surface area contributed by atoms with Gasteiger partial charge in [0, 0.05) is 38.0 Å². The Hall–Kier alpha value is -2.38. The van der Waals surface area contributed by atoms with Gasteiger partial charge in [-0.15, -0.1) is 0 Å². The van der Waals surface area contributed by atoms with E-state index in [0.29, 0.717) is 38.6 Å². The molecular weight excluding hydrogens is 468 g/mol. The highest BCUT2D eigenvalue weighted by Gasteiger charge is 2.73. The fraction of sp³-hybridized carbons (Fsp3) is 0.667. The zero-order chi connectivity index (χ0) is 25.9. The van der Waals surface area contributed by atoms with Gasteiger partial charge in [0.1, 0.15) is 0 Å². The quantitative estimate of drug-likeness (QED) is 0.513. The summed E-state index contributed by atoms with van der Waals surface area (Å²) in [6.45, 7) is 2.37. The second-order valence-corrected chi connectivity index (χ2v) is 11.3. The lowest BCUT2D eigenvalue weighted by molar-refractivity contribution is -0.250. The first-order valence-corrected chi connectivity index (χ1v) is 14.0. The van der Waals surface area contributed by atoms with Gasteiger partial charge in [-0.3, -0.25) is 9.69 Å². The van der Waals surface area contributed by atoms with Crippen LogP contribution >= 0.6 is 0 Å². The number of piperidine rings is 1. The topological polar surface area (TPSA) is 68.3 Å². The van der Waals surface area contributed by atoms with Crippen LogP contribution in [0.3, 0.4) is 0 Å². The van der Waals surface area contributed by atoms with Crippen LogP contribution in [-0.4, -0.2) is 67.5 Å². The fourth-order valence-electron chi connectivity index (χ4n) is 7.93. The second kappa shape index (κ2) is 11.2. The van der Waals surface area contributed by atoms with Gasteiger partial charge in [-0.2, -0.15) is 0 Å². The highest BCUT2D eigenvalue weighted by atomic mass is 16.6. The summed E-state index contributed by atoms with van der Waals surface area (Å²) in [6, 6.07) is 9.97. The fourth-order valence-corrected chi connectivity index (χ4v) is 7.93. The molecule has 1 saturated carbocycles. The summed E-state index contributed by atoms with van der Waals surface area (Å²) in [5, 5.41) is 0. The first kappa shape index (κ1) is 26.2. The minimum atomic E-state index is -0.893. The summed E-state index contributed by atoms with van der Waals surface area (Å²) in [4.78, 5) is 30.9. The van der Waals surface area contributed by atoms with Crippen molar-refractivity contribution in [2.24, 2.45) is 17.3 Å². The molecule has 5 rings (SSSR count). The zero-order valence-corrected chi connectivity index (χ0v) is 22.4. The Balaban J connectivity index is 1.56. The molecule has 4 aliphatic rings. The van der Waals surface area contributed by atoms with Gasteiger partial charge in [0.15, 0.2) is 5.72 Å². The largest absolute Gasteiger partial charge is 0.453 e. The van der Waals surface area contributed by atoms with Crippen molar-refractivity contribution >= 4 is 12.0 Å². The first-order valence-electron chi connectivity index (χ1n) is 14.0. The molecule has 7 nitrogen and oxygen atoms in total. The van der Waals surface area contributed by atoms with Crippen LogP contribution in [0.2, 0.25) is 0 Å². The van der Waals surface area contributed by atoms with E-state index in [1.54, 1.807) is 7.11 Å². The maximum Gasteiger partial charge on any atom is 0.411 e. The van der Waals surface area contributed by atoms with Gasteiger partial charge in [0.25, 0.3) is 0 Å². The highest BCUT2D eigenvalue weighted by Crippen LogP contribution is 2.62. The van der Waals surface area contributed by atoms with Crippen molar-refractivity contribution in [1.82, 2.24) is 9.80 Å². The maximum absolute atomic E-state index is 13.8. The highest BCUT2D eigenvalue weighted by molar-refractivity contribution is 5.78. The van der Waals surface area contributed by atoms with Gasteiger partial charge in [-0.05, 0) is 62.8 Å². The van der Waals surface area contributed by atoms with E-state index in [1.165, 1.54) is 7.11 Å². The number of carbonyl (C=O) groups is 2. The number of nitrogens with zero attached hydrogens (tertiary/aromatic N) is 2. The molecule has 0 N–H and O–H groups in total. The van der Waals surface area contributed by atoms with E-state index >= 15 is 0 Å². The molecule has 202 valence electrons. The van der Waals surface area contributed by atoms with Crippen LogP contribution in [0.25, 0.3) is 0 Å². The minimum absolute atomic E-state index is 0.172. The average Bonchev–Trinajstić information content (AvgIpc) is 3.18. The lowest BCUT2D eigenvalue weighted by Gasteiger charge is -2.62. The molecule has 37 heavy (non-hydrogen) atoms. The number of hydrogen-bond acceptors (Lipinski definition) is 5. The maximum atomic E-state index is 13.8.